The van der Waals surface area contributed by atoms with Gasteiger partial charge in [0, 0.05) is 6.20 Å². The van der Waals surface area contributed by atoms with Crippen molar-refractivity contribution in [2.24, 2.45) is 0 Å². The largest absolute Gasteiger partial charge is 0.265 e. The first kappa shape index (κ1) is 12.4. The summed E-state index contributed by atoms with van der Waals surface area (Å²) in [6, 6.07) is 8.29. The molecule has 3 aromatic rings. The Hall–Kier alpha value is -1.65. The minimum Gasteiger partial charge on any atom is -0.265 e. The lowest BCUT2D eigenvalue weighted by Crippen LogP contribution is -1.99. The highest BCUT2D eigenvalue weighted by Crippen LogP contribution is 2.21. The lowest BCUT2D eigenvalue weighted by molar-refractivity contribution is 0.693. The fourth-order valence-electron chi connectivity index (χ4n) is 1.85. The number of fused-ring (bicyclic) bond motifs is 1. The van der Waals surface area contributed by atoms with Gasteiger partial charge in [-0.1, -0.05) is 41.4 Å². The van der Waals surface area contributed by atoms with Crippen LogP contribution in [0.5, 0.6) is 0 Å². The maximum Gasteiger partial charge on any atom is 0.225 e. The molecule has 0 unspecified atom stereocenters. The molecule has 2 aromatic heterocycles. The first-order chi connectivity index (χ1) is 9.11. The highest BCUT2D eigenvalue weighted by molar-refractivity contribution is 6.35. The zero-order valence-corrected chi connectivity index (χ0v) is 11.7. The van der Waals surface area contributed by atoms with Gasteiger partial charge in [-0.15, -0.1) is 0 Å². The van der Waals surface area contributed by atoms with Gasteiger partial charge in [0.25, 0.3) is 0 Å². The van der Waals surface area contributed by atoms with E-state index in [9.17, 15) is 0 Å². The number of halogens is 2. The molecule has 0 amide bonds. The first-order valence-electron chi connectivity index (χ1n) is 5.73. The van der Waals surface area contributed by atoms with Crippen molar-refractivity contribution >= 4 is 34.2 Å². The van der Waals surface area contributed by atoms with Crippen LogP contribution in [-0.4, -0.2) is 19.7 Å². The van der Waals surface area contributed by atoms with Crippen molar-refractivity contribution in [3.63, 3.8) is 0 Å². The summed E-state index contributed by atoms with van der Waals surface area (Å²) in [5.41, 5.74) is 2.90. The molecular formula is C13H10Cl2N4. The van der Waals surface area contributed by atoms with Gasteiger partial charge in [-0.3, -0.25) is 4.68 Å². The van der Waals surface area contributed by atoms with Crippen LogP contribution in [0.15, 0.2) is 30.5 Å². The molecule has 3 rings (SSSR count). The molecule has 0 bridgehead atoms. The van der Waals surface area contributed by atoms with Gasteiger partial charge in [0.2, 0.25) is 5.28 Å². The SMILES string of the molecule is Cc1ccc(Cn2cc3c(Cl)nc(Cl)nc3n2)cc1. The molecular weight excluding hydrogens is 283 g/mol. The number of hydrogen-bond acceptors (Lipinski definition) is 3. The van der Waals surface area contributed by atoms with Crippen molar-refractivity contribution in [3.8, 4) is 0 Å². The molecule has 2 heterocycles. The van der Waals surface area contributed by atoms with Crippen LogP contribution in [0.4, 0.5) is 0 Å². The van der Waals surface area contributed by atoms with Crippen molar-refractivity contribution in [1.29, 1.82) is 0 Å². The number of nitrogens with zero attached hydrogens (tertiary/aromatic N) is 4. The Kier molecular flexibility index (Phi) is 3.12. The van der Waals surface area contributed by atoms with E-state index in [-0.39, 0.29) is 5.28 Å². The smallest absolute Gasteiger partial charge is 0.225 e. The van der Waals surface area contributed by atoms with Gasteiger partial charge in [0.05, 0.1) is 11.9 Å². The molecule has 0 radical (unpaired) electrons. The standard InChI is InChI=1S/C13H10Cl2N4/c1-8-2-4-9(5-3-8)6-19-7-10-11(14)16-13(15)17-12(10)18-19/h2-5,7H,6H2,1H3. The Bertz CT molecular complexity index is 734. The van der Waals surface area contributed by atoms with E-state index in [0.29, 0.717) is 22.7 Å². The van der Waals surface area contributed by atoms with Crippen LogP contribution < -0.4 is 0 Å². The van der Waals surface area contributed by atoms with Gasteiger partial charge in [0.1, 0.15) is 5.15 Å². The lowest BCUT2D eigenvalue weighted by atomic mass is 10.1. The number of aromatic nitrogens is 4. The molecule has 0 saturated carbocycles. The second kappa shape index (κ2) is 4.79. The molecule has 0 N–H and O–H groups in total. The summed E-state index contributed by atoms with van der Waals surface area (Å²) in [6.45, 7) is 2.72. The normalized spacial score (nSPS) is 11.1. The molecule has 6 heteroatoms. The average molecular weight is 293 g/mol. The molecule has 0 fully saturated rings. The number of aryl methyl sites for hydroxylation is 1. The Labute approximate surface area is 120 Å². The third-order valence-electron chi connectivity index (χ3n) is 2.82. The van der Waals surface area contributed by atoms with E-state index in [0.717, 1.165) is 5.56 Å². The summed E-state index contributed by atoms with van der Waals surface area (Å²) in [6.07, 6.45) is 1.83. The van der Waals surface area contributed by atoms with E-state index < -0.39 is 0 Å². The molecule has 0 saturated heterocycles. The Morgan fingerprint density at radius 3 is 2.58 bits per heavy atom. The predicted octanol–water partition coefficient (Wildman–Crippen LogP) is 3.49. The maximum atomic E-state index is 6.01. The maximum absolute atomic E-state index is 6.01. The van der Waals surface area contributed by atoms with Gasteiger partial charge >= 0.3 is 0 Å². The molecule has 0 spiro atoms. The Morgan fingerprint density at radius 1 is 1.11 bits per heavy atom. The monoisotopic (exact) mass is 292 g/mol. The van der Waals surface area contributed by atoms with Gasteiger partial charge in [-0.25, -0.2) is 4.98 Å². The van der Waals surface area contributed by atoms with Crippen LogP contribution in [0, 0.1) is 6.92 Å². The van der Waals surface area contributed by atoms with E-state index in [1.807, 2.05) is 6.20 Å². The molecule has 4 nitrogen and oxygen atoms in total. The highest BCUT2D eigenvalue weighted by Gasteiger charge is 2.09. The molecule has 0 atom stereocenters. The van der Waals surface area contributed by atoms with E-state index in [2.05, 4.69) is 46.3 Å². The second-order valence-electron chi connectivity index (χ2n) is 4.33. The minimum absolute atomic E-state index is 0.109. The number of benzene rings is 1. The fraction of sp³-hybridized carbons (Fsp3) is 0.154. The lowest BCUT2D eigenvalue weighted by Gasteiger charge is -2.01. The van der Waals surface area contributed by atoms with E-state index in [1.165, 1.54) is 5.56 Å². The Morgan fingerprint density at radius 2 is 1.84 bits per heavy atom. The van der Waals surface area contributed by atoms with Gasteiger partial charge in [-0.2, -0.15) is 10.1 Å². The van der Waals surface area contributed by atoms with Crippen molar-refractivity contribution in [1.82, 2.24) is 19.7 Å². The minimum atomic E-state index is 0.109. The predicted molar refractivity (Wildman–Crippen MR) is 75.6 cm³/mol. The summed E-state index contributed by atoms with van der Waals surface area (Å²) in [5, 5.41) is 5.49. The van der Waals surface area contributed by atoms with Crippen molar-refractivity contribution in [3.05, 3.63) is 52.0 Å². The molecule has 0 aliphatic rings. The molecule has 0 aliphatic carbocycles. The molecule has 96 valence electrons. The van der Waals surface area contributed by atoms with Gasteiger partial charge in [-0.05, 0) is 24.1 Å². The summed E-state index contributed by atoms with van der Waals surface area (Å²) in [7, 11) is 0. The molecule has 1 aromatic carbocycles. The van der Waals surface area contributed by atoms with Crippen molar-refractivity contribution in [2.45, 2.75) is 13.5 Å². The quantitative estimate of drug-likeness (QED) is 0.536. The van der Waals surface area contributed by atoms with E-state index in [4.69, 9.17) is 23.2 Å². The Balaban J connectivity index is 1.97. The first-order valence-corrected chi connectivity index (χ1v) is 6.49. The van der Waals surface area contributed by atoms with Crippen LogP contribution >= 0.6 is 23.2 Å². The second-order valence-corrected chi connectivity index (χ2v) is 5.03. The van der Waals surface area contributed by atoms with Crippen LogP contribution in [-0.2, 0) is 6.54 Å². The fourth-order valence-corrected chi connectivity index (χ4v) is 2.28. The summed E-state index contributed by atoms with van der Waals surface area (Å²) < 4.78 is 1.78. The van der Waals surface area contributed by atoms with Gasteiger partial charge < -0.3 is 0 Å². The van der Waals surface area contributed by atoms with Crippen LogP contribution in [0.1, 0.15) is 11.1 Å². The van der Waals surface area contributed by atoms with E-state index in [1.54, 1.807) is 4.68 Å². The van der Waals surface area contributed by atoms with Crippen molar-refractivity contribution < 1.29 is 0 Å². The zero-order chi connectivity index (χ0) is 13.4. The highest BCUT2D eigenvalue weighted by atomic mass is 35.5. The average Bonchev–Trinajstić information content (AvgIpc) is 2.75. The summed E-state index contributed by atoms with van der Waals surface area (Å²) in [4.78, 5) is 7.95. The molecule has 19 heavy (non-hydrogen) atoms. The topological polar surface area (TPSA) is 43.6 Å². The summed E-state index contributed by atoms with van der Waals surface area (Å²) in [5.74, 6) is 0. The van der Waals surface area contributed by atoms with Crippen LogP contribution in [0.2, 0.25) is 10.4 Å². The zero-order valence-electron chi connectivity index (χ0n) is 10.1. The van der Waals surface area contributed by atoms with Crippen molar-refractivity contribution in [2.75, 3.05) is 0 Å². The van der Waals surface area contributed by atoms with Crippen LogP contribution in [0.3, 0.4) is 0 Å². The molecule has 0 aliphatic heterocycles. The number of hydrogen-bond donors (Lipinski definition) is 0. The van der Waals surface area contributed by atoms with Crippen LogP contribution in [0.25, 0.3) is 11.0 Å². The summed E-state index contributed by atoms with van der Waals surface area (Å²) >= 11 is 11.8. The number of rotatable bonds is 2. The third-order valence-corrected chi connectivity index (χ3v) is 3.28. The van der Waals surface area contributed by atoms with Gasteiger partial charge in [0.15, 0.2) is 5.65 Å². The third kappa shape index (κ3) is 2.55. The van der Waals surface area contributed by atoms with E-state index >= 15 is 0 Å².